The van der Waals surface area contributed by atoms with Crippen LogP contribution in [0, 0.1) is 17.1 Å². The van der Waals surface area contributed by atoms with Gasteiger partial charge in [-0.25, -0.2) is 4.39 Å². The molecule has 3 N–H and O–H groups in total. The summed E-state index contributed by atoms with van der Waals surface area (Å²) < 4.78 is 13.0. The smallest absolute Gasteiger partial charge is 0.144 e. The van der Waals surface area contributed by atoms with Gasteiger partial charge in [0.15, 0.2) is 0 Å². The molecule has 0 aliphatic carbocycles. The molecule has 1 atom stereocenters. The number of hydrogen-bond donors (Lipinski definition) is 2. The predicted molar refractivity (Wildman–Crippen MR) is 50.0 cm³/mol. The van der Waals surface area contributed by atoms with Crippen LogP contribution in [0.5, 0.6) is 5.75 Å². The van der Waals surface area contributed by atoms with E-state index in [1.807, 2.05) is 6.92 Å². The van der Waals surface area contributed by atoms with Gasteiger partial charge >= 0.3 is 0 Å². The van der Waals surface area contributed by atoms with Gasteiger partial charge in [0.1, 0.15) is 23.2 Å². The molecule has 0 fully saturated rings. The van der Waals surface area contributed by atoms with Crippen LogP contribution in [0.15, 0.2) is 12.1 Å². The fraction of sp³-hybridized carbons (Fsp3) is 0.300. The van der Waals surface area contributed by atoms with Crippen LogP contribution in [-0.4, -0.2) is 5.11 Å². The molecule has 74 valence electrons. The highest BCUT2D eigenvalue weighted by molar-refractivity contribution is 5.49. The fourth-order valence-electron chi connectivity index (χ4n) is 1.21. The highest BCUT2D eigenvalue weighted by Crippen LogP contribution is 2.29. The van der Waals surface area contributed by atoms with Gasteiger partial charge in [0.2, 0.25) is 0 Å². The molecule has 0 spiro atoms. The molecule has 0 bridgehead atoms. The summed E-state index contributed by atoms with van der Waals surface area (Å²) in [6.07, 6.45) is 0.615. The van der Waals surface area contributed by atoms with Gasteiger partial charge in [-0.3, -0.25) is 0 Å². The molecule has 0 aliphatic rings. The average Bonchev–Trinajstić information content (AvgIpc) is 2.18. The van der Waals surface area contributed by atoms with E-state index in [1.54, 1.807) is 6.07 Å². The second kappa shape index (κ2) is 4.07. The van der Waals surface area contributed by atoms with Gasteiger partial charge in [0, 0.05) is 11.6 Å². The number of hydrogen-bond acceptors (Lipinski definition) is 3. The molecule has 0 saturated heterocycles. The number of nitriles is 1. The minimum Gasteiger partial charge on any atom is -0.506 e. The molecule has 14 heavy (non-hydrogen) atoms. The molecule has 1 rings (SSSR count). The van der Waals surface area contributed by atoms with E-state index in [0.717, 1.165) is 6.07 Å². The Morgan fingerprint density at radius 1 is 1.64 bits per heavy atom. The Kier molecular flexibility index (Phi) is 3.05. The highest BCUT2D eigenvalue weighted by Gasteiger charge is 2.15. The van der Waals surface area contributed by atoms with Crippen molar-refractivity contribution in [3.63, 3.8) is 0 Å². The number of nitrogens with zero attached hydrogens (tertiary/aromatic N) is 1. The molecule has 0 saturated carbocycles. The Bertz CT molecular complexity index is 384. The van der Waals surface area contributed by atoms with Crippen molar-refractivity contribution in [2.45, 2.75) is 19.4 Å². The molecule has 0 heterocycles. The third-order valence-corrected chi connectivity index (χ3v) is 2.11. The Balaban J connectivity index is 3.30. The average molecular weight is 194 g/mol. The Morgan fingerprint density at radius 3 is 2.79 bits per heavy atom. The third kappa shape index (κ3) is 1.68. The van der Waals surface area contributed by atoms with E-state index in [0.29, 0.717) is 12.0 Å². The minimum atomic E-state index is -0.725. The summed E-state index contributed by atoms with van der Waals surface area (Å²) in [6.45, 7) is 1.85. The van der Waals surface area contributed by atoms with E-state index < -0.39 is 5.82 Å². The molecule has 3 nitrogen and oxygen atoms in total. The summed E-state index contributed by atoms with van der Waals surface area (Å²) in [5.41, 5.74) is 5.74. The van der Waals surface area contributed by atoms with Crippen LogP contribution in [0.3, 0.4) is 0 Å². The zero-order chi connectivity index (χ0) is 10.7. The quantitative estimate of drug-likeness (QED) is 0.754. The van der Waals surface area contributed by atoms with E-state index in [9.17, 15) is 9.50 Å². The van der Waals surface area contributed by atoms with E-state index in [1.165, 1.54) is 6.07 Å². The minimum absolute atomic E-state index is 0.341. The summed E-state index contributed by atoms with van der Waals surface area (Å²) in [4.78, 5) is 0. The van der Waals surface area contributed by atoms with Gasteiger partial charge in [-0.2, -0.15) is 5.26 Å². The maximum atomic E-state index is 13.0. The second-order valence-corrected chi connectivity index (χ2v) is 2.99. The number of nitrogens with two attached hydrogens (primary N) is 1. The summed E-state index contributed by atoms with van der Waals surface area (Å²) in [6, 6.07) is 3.77. The molecular weight excluding hydrogens is 183 g/mol. The first kappa shape index (κ1) is 10.5. The zero-order valence-corrected chi connectivity index (χ0v) is 7.79. The third-order valence-electron chi connectivity index (χ3n) is 2.11. The van der Waals surface area contributed by atoms with Crippen molar-refractivity contribution in [1.29, 1.82) is 5.26 Å². The summed E-state index contributed by atoms with van der Waals surface area (Å²) in [7, 11) is 0. The zero-order valence-electron chi connectivity index (χ0n) is 7.79. The van der Waals surface area contributed by atoms with Crippen LogP contribution in [0.4, 0.5) is 4.39 Å². The van der Waals surface area contributed by atoms with Gasteiger partial charge in [-0.1, -0.05) is 13.0 Å². The Labute approximate surface area is 81.6 Å². The number of aromatic hydroxyl groups is 1. The highest BCUT2D eigenvalue weighted by atomic mass is 19.1. The summed E-state index contributed by atoms with van der Waals surface area (Å²) in [5.74, 6) is -1.07. The van der Waals surface area contributed by atoms with E-state index in [-0.39, 0.29) is 17.4 Å². The Morgan fingerprint density at radius 2 is 2.29 bits per heavy atom. The fourth-order valence-corrected chi connectivity index (χ4v) is 1.21. The van der Waals surface area contributed by atoms with Crippen molar-refractivity contribution in [2.75, 3.05) is 0 Å². The largest absolute Gasteiger partial charge is 0.506 e. The summed E-state index contributed by atoms with van der Waals surface area (Å²) >= 11 is 0. The lowest BCUT2D eigenvalue weighted by molar-refractivity contribution is 0.451. The number of phenolic OH excluding ortho intramolecular Hbond substituents is 1. The molecule has 1 aromatic carbocycles. The lowest BCUT2D eigenvalue weighted by Gasteiger charge is -2.12. The molecular formula is C10H11FN2O. The van der Waals surface area contributed by atoms with Crippen molar-refractivity contribution in [3.8, 4) is 11.8 Å². The summed E-state index contributed by atoms with van der Waals surface area (Å²) in [5, 5.41) is 18.1. The van der Waals surface area contributed by atoms with Crippen LogP contribution in [0.25, 0.3) is 0 Å². The molecule has 0 unspecified atom stereocenters. The van der Waals surface area contributed by atoms with Crippen molar-refractivity contribution < 1.29 is 9.50 Å². The molecule has 0 aliphatic heterocycles. The van der Waals surface area contributed by atoms with Gasteiger partial charge < -0.3 is 10.8 Å². The van der Waals surface area contributed by atoms with Crippen molar-refractivity contribution in [2.24, 2.45) is 5.73 Å². The first-order chi connectivity index (χ1) is 6.61. The van der Waals surface area contributed by atoms with Gasteiger partial charge in [-0.05, 0) is 12.5 Å². The lowest BCUT2D eigenvalue weighted by Crippen LogP contribution is -2.09. The Hall–Kier alpha value is -1.60. The first-order valence-corrected chi connectivity index (χ1v) is 4.28. The maximum absolute atomic E-state index is 13.0. The number of benzene rings is 1. The van der Waals surface area contributed by atoms with Crippen LogP contribution in [0.2, 0.25) is 0 Å². The number of rotatable bonds is 2. The molecule has 0 aromatic heterocycles. The van der Waals surface area contributed by atoms with Crippen molar-refractivity contribution >= 4 is 0 Å². The van der Waals surface area contributed by atoms with E-state index in [4.69, 9.17) is 11.0 Å². The van der Waals surface area contributed by atoms with Crippen LogP contribution in [-0.2, 0) is 0 Å². The van der Waals surface area contributed by atoms with E-state index >= 15 is 0 Å². The number of phenols is 1. The van der Waals surface area contributed by atoms with Gasteiger partial charge in [-0.15, -0.1) is 0 Å². The van der Waals surface area contributed by atoms with E-state index in [2.05, 4.69) is 0 Å². The topological polar surface area (TPSA) is 70.0 Å². The molecule has 0 radical (unpaired) electrons. The molecule has 4 heteroatoms. The number of halogens is 1. The second-order valence-electron chi connectivity index (χ2n) is 2.99. The first-order valence-electron chi connectivity index (χ1n) is 4.28. The van der Waals surface area contributed by atoms with Gasteiger partial charge in [0.25, 0.3) is 0 Å². The molecule has 0 amide bonds. The molecule has 1 aromatic rings. The van der Waals surface area contributed by atoms with Crippen LogP contribution >= 0.6 is 0 Å². The standard InChI is InChI=1S/C10H11FN2O/c1-2-9(13)6-3-4-8(11)7(5-12)10(6)14/h3-4,9,14H,2,13H2,1H3/t9-/m0/s1. The van der Waals surface area contributed by atoms with Crippen molar-refractivity contribution in [1.82, 2.24) is 0 Å². The monoisotopic (exact) mass is 194 g/mol. The van der Waals surface area contributed by atoms with Crippen molar-refractivity contribution in [3.05, 3.63) is 29.1 Å². The van der Waals surface area contributed by atoms with Gasteiger partial charge in [0.05, 0.1) is 0 Å². The van der Waals surface area contributed by atoms with Crippen LogP contribution < -0.4 is 5.73 Å². The van der Waals surface area contributed by atoms with Crippen LogP contribution in [0.1, 0.15) is 30.5 Å². The predicted octanol–water partition coefficient (Wildman–Crippen LogP) is 1.81. The SMILES string of the molecule is CC[C@H](N)c1ccc(F)c(C#N)c1O. The maximum Gasteiger partial charge on any atom is 0.144 e. The normalized spacial score (nSPS) is 12.1. The lowest BCUT2D eigenvalue weighted by atomic mass is 10.0.